The molecule has 0 saturated heterocycles. The van der Waals surface area contributed by atoms with E-state index in [2.05, 4.69) is 14.9 Å². The molecular formula is C16H18ClN3O3S. The standard InChI is InChI=1S/C16H18ClN3O3S/c17-8-3-13(12-7-18-19-14(12)4-8)16(21)5-10-11(6-16)15(10)20-24(22,23)9-1-2-9/h3-4,7,9-11,15,20-21H,1-2,5-6H2,(H,18,19)/t10-,11+,15-,16+. The van der Waals surface area contributed by atoms with E-state index in [9.17, 15) is 13.5 Å². The second kappa shape index (κ2) is 4.72. The van der Waals surface area contributed by atoms with E-state index < -0.39 is 15.6 Å². The van der Waals surface area contributed by atoms with Gasteiger partial charge in [0, 0.05) is 16.5 Å². The molecule has 0 aliphatic heterocycles. The van der Waals surface area contributed by atoms with Gasteiger partial charge in [-0.3, -0.25) is 5.10 Å². The van der Waals surface area contributed by atoms with Crippen molar-refractivity contribution in [1.29, 1.82) is 0 Å². The number of nitrogens with one attached hydrogen (secondary N) is 2. The van der Waals surface area contributed by atoms with Crippen LogP contribution in [0.3, 0.4) is 0 Å². The molecule has 8 heteroatoms. The van der Waals surface area contributed by atoms with E-state index in [-0.39, 0.29) is 23.1 Å². The Kier molecular flexibility index (Phi) is 2.98. The van der Waals surface area contributed by atoms with Crippen LogP contribution >= 0.6 is 11.6 Å². The molecule has 0 bridgehead atoms. The molecule has 0 spiro atoms. The van der Waals surface area contributed by atoms with E-state index in [1.54, 1.807) is 18.3 Å². The molecule has 4 atom stereocenters. The maximum atomic E-state index is 12.1. The quantitative estimate of drug-likeness (QED) is 0.769. The lowest BCUT2D eigenvalue weighted by molar-refractivity contribution is 0.0303. The zero-order chi connectivity index (χ0) is 16.7. The van der Waals surface area contributed by atoms with Crippen LogP contribution < -0.4 is 4.72 Å². The van der Waals surface area contributed by atoms with Crippen LogP contribution in [0.1, 0.15) is 31.2 Å². The van der Waals surface area contributed by atoms with Gasteiger partial charge in [-0.15, -0.1) is 0 Å². The fourth-order valence-corrected chi connectivity index (χ4v) is 6.22. The minimum Gasteiger partial charge on any atom is -0.385 e. The number of aromatic nitrogens is 2. The average molecular weight is 368 g/mol. The largest absolute Gasteiger partial charge is 0.385 e. The molecule has 3 aliphatic carbocycles. The van der Waals surface area contributed by atoms with Crippen LogP contribution in [0.2, 0.25) is 5.02 Å². The van der Waals surface area contributed by atoms with Crippen molar-refractivity contribution >= 4 is 32.5 Å². The van der Waals surface area contributed by atoms with E-state index in [0.717, 1.165) is 29.3 Å². The first kappa shape index (κ1) is 15.1. The maximum absolute atomic E-state index is 12.1. The SMILES string of the molecule is O=S(=O)(N[C@@H]1[C@@H]2C[C@@](O)(c3cc(Cl)cc4[nH]ncc34)C[C@@H]21)C1CC1. The van der Waals surface area contributed by atoms with Gasteiger partial charge in [0.25, 0.3) is 0 Å². The molecule has 1 aromatic carbocycles. The normalized spacial score (nSPS) is 35.3. The zero-order valence-electron chi connectivity index (χ0n) is 12.9. The highest BCUT2D eigenvalue weighted by Crippen LogP contribution is 2.60. The van der Waals surface area contributed by atoms with Gasteiger partial charge < -0.3 is 5.11 Å². The van der Waals surface area contributed by atoms with Gasteiger partial charge in [0.05, 0.1) is 22.6 Å². The Hall–Kier alpha value is -1.15. The first-order valence-corrected chi connectivity index (χ1v) is 10.2. The second-order valence-electron chi connectivity index (χ2n) is 7.44. The van der Waals surface area contributed by atoms with Crippen molar-refractivity contribution in [3.05, 3.63) is 28.9 Å². The highest BCUT2D eigenvalue weighted by Gasteiger charge is 2.63. The van der Waals surface area contributed by atoms with Crippen LogP contribution in [0.5, 0.6) is 0 Å². The molecule has 6 nitrogen and oxygen atoms in total. The molecule has 0 radical (unpaired) electrons. The van der Waals surface area contributed by atoms with E-state index in [1.807, 2.05) is 0 Å². The van der Waals surface area contributed by atoms with Crippen LogP contribution in [0.15, 0.2) is 18.3 Å². The molecule has 3 saturated carbocycles. The van der Waals surface area contributed by atoms with Gasteiger partial charge >= 0.3 is 0 Å². The third-order valence-corrected chi connectivity index (χ3v) is 7.93. The van der Waals surface area contributed by atoms with Crippen LogP contribution in [0, 0.1) is 11.8 Å². The number of rotatable bonds is 4. The number of fused-ring (bicyclic) bond motifs is 2. The summed E-state index contributed by atoms with van der Waals surface area (Å²) < 4.78 is 27.0. The predicted molar refractivity (Wildman–Crippen MR) is 90.1 cm³/mol. The summed E-state index contributed by atoms with van der Waals surface area (Å²) in [5.74, 6) is 0.397. The van der Waals surface area contributed by atoms with Crippen LogP contribution in [-0.2, 0) is 15.6 Å². The third-order valence-electron chi connectivity index (χ3n) is 5.77. The summed E-state index contributed by atoms with van der Waals surface area (Å²) in [6.07, 6.45) is 4.34. The molecule has 128 valence electrons. The first-order valence-electron chi connectivity index (χ1n) is 8.24. The molecule has 24 heavy (non-hydrogen) atoms. The van der Waals surface area contributed by atoms with Gasteiger partial charge in [0.15, 0.2) is 0 Å². The molecule has 5 rings (SSSR count). The number of nitrogens with zero attached hydrogens (tertiary/aromatic N) is 1. The zero-order valence-corrected chi connectivity index (χ0v) is 14.4. The lowest BCUT2D eigenvalue weighted by Crippen LogP contribution is -2.35. The Bertz CT molecular complexity index is 925. The van der Waals surface area contributed by atoms with E-state index in [0.29, 0.717) is 17.9 Å². The Labute approximate surface area is 144 Å². The minimum absolute atomic E-state index is 0.0186. The summed E-state index contributed by atoms with van der Waals surface area (Å²) in [5, 5.41) is 19.3. The number of aromatic amines is 1. The number of halogens is 1. The first-order chi connectivity index (χ1) is 11.4. The highest BCUT2D eigenvalue weighted by molar-refractivity contribution is 7.90. The van der Waals surface area contributed by atoms with Gasteiger partial charge in [0.1, 0.15) is 0 Å². The second-order valence-corrected chi connectivity index (χ2v) is 9.87. The van der Waals surface area contributed by atoms with Crippen LogP contribution in [0.4, 0.5) is 0 Å². The Morgan fingerprint density at radius 2 is 2.00 bits per heavy atom. The average Bonchev–Trinajstić information content (AvgIpc) is 3.37. The van der Waals surface area contributed by atoms with Crippen molar-refractivity contribution in [1.82, 2.24) is 14.9 Å². The summed E-state index contributed by atoms with van der Waals surface area (Å²) in [6, 6.07) is 3.57. The summed E-state index contributed by atoms with van der Waals surface area (Å²) in [4.78, 5) is 0. The number of aliphatic hydroxyl groups is 1. The molecule has 3 aliphatic rings. The molecule has 0 unspecified atom stereocenters. The molecule has 0 amide bonds. The predicted octanol–water partition coefficient (Wildman–Crippen LogP) is 1.89. The Morgan fingerprint density at radius 3 is 2.67 bits per heavy atom. The smallest absolute Gasteiger partial charge is 0.214 e. The fourth-order valence-electron chi connectivity index (χ4n) is 4.32. The minimum atomic E-state index is -3.17. The molecule has 1 heterocycles. The lowest BCUT2D eigenvalue weighted by atomic mass is 9.86. The van der Waals surface area contributed by atoms with Crippen LogP contribution in [-0.4, -0.2) is 35.0 Å². The topological polar surface area (TPSA) is 95.1 Å². The van der Waals surface area contributed by atoms with E-state index >= 15 is 0 Å². The third kappa shape index (κ3) is 2.22. The van der Waals surface area contributed by atoms with Crippen LogP contribution in [0.25, 0.3) is 10.9 Å². The van der Waals surface area contributed by atoms with Crippen molar-refractivity contribution in [3.63, 3.8) is 0 Å². The summed E-state index contributed by atoms with van der Waals surface area (Å²) >= 11 is 6.18. The van der Waals surface area contributed by atoms with Gasteiger partial charge in [0.2, 0.25) is 10.0 Å². The number of hydrogen-bond acceptors (Lipinski definition) is 4. The van der Waals surface area contributed by atoms with Gasteiger partial charge in [-0.1, -0.05) is 11.6 Å². The molecule has 3 N–H and O–H groups in total. The Morgan fingerprint density at radius 1 is 1.29 bits per heavy atom. The number of sulfonamides is 1. The number of H-pyrrole nitrogens is 1. The highest BCUT2D eigenvalue weighted by atomic mass is 35.5. The monoisotopic (exact) mass is 367 g/mol. The van der Waals surface area contributed by atoms with E-state index in [4.69, 9.17) is 11.6 Å². The summed E-state index contributed by atoms with van der Waals surface area (Å²) in [6.45, 7) is 0. The lowest BCUT2D eigenvalue weighted by Gasteiger charge is -2.27. The number of hydrogen-bond donors (Lipinski definition) is 3. The van der Waals surface area contributed by atoms with Crippen molar-refractivity contribution in [2.24, 2.45) is 11.8 Å². The molecular weight excluding hydrogens is 350 g/mol. The van der Waals surface area contributed by atoms with Crippen molar-refractivity contribution in [2.45, 2.75) is 42.6 Å². The van der Waals surface area contributed by atoms with Gasteiger partial charge in [-0.25, -0.2) is 13.1 Å². The summed E-state index contributed by atoms with van der Waals surface area (Å²) in [5.41, 5.74) is 0.622. The van der Waals surface area contributed by atoms with Crippen molar-refractivity contribution < 1.29 is 13.5 Å². The van der Waals surface area contributed by atoms with Gasteiger partial charge in [-0.05, 0) is 55.2 Å². The molecule has 3 fully saturated rings. The Balaban J connectivity index is 1.39. The summed E-state index contributed by atoms with van der Waals surface area (Å²) in [7, 11) is -3.17. The number of benzene rings is 1. The van der Waals surface area contributed by atoms with E-state index in [1.165, 1.54) is 0 Å². The van der Waals surface area contributed by atoms with Gasteiger partial charge in [-0.2, -0.15) is 5.10 Å². The molecule has 2 aromatic rings. The molecule has 1 aromatic heterocycles. The van der Waals surface area contributed by atoms with Crippen molar-refractivity contribution in [2.75, 3.05) is 0 Å². The van der Waals surface area contributed by atoms with Crippen molar-refractivity contribution in [3.8, 4) is 0 Å². The maximum Gasteiger partial charge on any atom is 0.214 e. The fraction of sp³-hybridized carbons (Fsp3) is 0.562.